The number of aliphatic hydroxyl groups is 1. The Morgan fingerprint density at radius 2 is 2.25 bits per heavy atom. The molecule has 0 aliphatic carbocycles. The zero-order chi connectivity index (χ0) is 16.7. The van der Waals surface area contributed by atoms with Crippen molar-refractivity contribution in [3.8, 4) is 0 Å². The molecule has 5 nitrogen and oxygen atoms in total. The summed E-state index contributed by atoms with van der Waals surface area (Å²) in [6, 6.07) is 6.25. The summed E-state index contributed by atoms with van der Waals surface area (Å²) in [4.78, 5) is 6.49. The number of aliphatic hydroxyl groups excluding tert-OH is 1. The third-order valence-corrected chi connectivity index (χ3v) is 3.93. The van der Waals surface area contributed by atoms with Gasteiger partial charge in [0.2, 0.25) is 0 Å². The number of hydrogen-bond acceptors (Lipinski definition) is 3. The first kappa shape index (κ1) is 21.1. The van der Waals surface area contributed by atoms with Gasteiger partial charge < -0.3 is 20.1 Å². The highest BCUT2D eigenvalue weighted by Gasteiger charge is 2.19. The summed E-state index contributed by atoms with van der Waals surface area (Å²) in [6.07, 6.45) is 0.106. The van der Waals surface area contributed by atoms with Crippen LogP contribution in [0.15, 0.2) is 29.3 Å². The van der Waals surface area contributed by atoms with Crippen LogP contribution in [0.2, 0.25) is 0 Å². The number of aliphatic imine (C=N–C) groups is 1. The predicted molar refractivity (Wildman–Crippen MR) is 104 cm³/mol. The lowest BCUT2D eigenvalue weighted by Gasteiger charge is -2.25. The molecule has 1 fully saturated rings. The van der Waals surface area contributed by atoms with Crippen molar-refractivity contribution in [2.75, 3.05) is 39.9 Å². The highest BCUT2D eigenvalue weighted by molar-refractivity contribution is 14.0. The summed E-state index contributed by atoms with van der Waals surface area (Å²) in [5.41, 5.74) is 0.277. The van der Waals surface area contributed by atoms with Crippen molar-refractivity contribution in [3.63, 3.8) is 0 Å². The van der Waals surface area contributed by atoms with E-state index >= 15 is 0 Å². The number of benzene rings is 1. The maximum Gasteiger partial charge on any atom is 0.193 e. The fourth-order valence-corrected chi connectivity index (χ4v) is 2.69. The van der Waals surface area contributed by atoms with Crippen LogP contribution in [0.25, 0.3) is 0 Å². The van der Waals surface area contributed by atoms with Gasteiger partial charge in [-0.1, -0.05) is 18.2 Å². The maximum absolute atomic E-state index is 13.7. The molecule has 0 spiro atoms. The number of ether oxygens (including phenoxy) is 1. The summed E-state index contributed by atoms with van der Waals surface area (Å²) < 4.78 is 19.1. The van der Waals surface area contributed by atoms with Crippen molar-refractivity contribution in [1.29, 1.82) is 0 Å². The molecule has 2 unspecified atom stereocenters. The van der Waals surface area contributed by atoms with Gasteiger partial charge in [0.05, 0.1) is 13.2 Å². The Morgan fingerprint density at radius 3 is 2.88 bits per heavy atom. The van der Waals surface area contributed by atoms with Gasteiger partial charge in [-0.3, -0.25) is 4.99 Å². The average molecular weight is 451 g/mol. The van der Waals surface area contributed by atoms with E-state index in [1.54, 1.807) is 18.2 Å². The number of halogens is 2. The molecule has 2 N–H and O–H groups in total. The van der Waals surface area contributed by atoms with Gasteiger partial charge in [0.1, 0.15) is 11.9 Å². The highest BCUT2D eigenvalue weighted by atomic mass is 127. The standard InChI is InChI=1S/C17H26FN3O2.HI/c1-3-19-17(21(2)11-13-8-9-23-12-13)20-10-16(22)14-6-4-5-7-15(14)18;/h4-7,13,16,22H,3,8-12H2,1-2H3,(H,19,20);1H. The fraction of sp³-hybridized carbons (Fsp3) is 0.588. The van der Waals surface area contributed by atoms with Gasteiger partial charge in [0, 0.05) is 38.2 Å². The topological polar surface area (TPSA) is 57.1 Å². The Bertz CT molecular complexity index is 524. The van der Waals surface area contributed by atoms with Crippen LogP contribution in [0.5, 0.6) is 0 Å². The molecule has 1 aliphatic rings. The van der Waals surface area contributed by atoms with E-state index in [9.17, 15) is 9.50 Å². The monoisotopic (exact) mass is 451 g/mol. The normalized spacial score (nSPS) is 18.8. The summed E-state index contributed by atoms with van der Waals surface area (Å²) in [5.74, 6) is 0.812. The summed E-state index contributed by atoms with van der Waals surface area (Å²) in [5, 5.41) is 13.4. The minimum atomic E-state index is -0.951. The van der Waals surface area contributed by atoms with Crippen LogP contribution in [0.4, 0.5) is 4.39 Å². The average Bonchev–Trinajstić information content (AvgIpc) is 3.04. The minimum absolute atomic E-state index is 0. The van der Waals surface area contributed by atoms with Crippen LogP contribution in [-0.4, -0.2) is 55.9 Å². The first-order valence-corrected chi connectivity index (χ1v) is 8.11. The molecule has 1 saturated heterocycles. The second-order valence-electron chi connectivity index (χ2n) is 5.84. The molecule has 0 bridgehead atoms. The lowest BCUT2D eigenvalue weighted by molar-refractivity contribution is 0.179. The van der Waals surface area contributed by atoms with Gasteiger partial charge in [0.25, 0.3) is 0 Å². The fourth-order valence-electron chi connectivity index (χ4n) is 2.69. The van der Waals surface area contributed by atoms with Gasteiger partial charge in [-0.05, 0) is 19.4 Å². The number of rotatable bonds is 6. The quantitative estimate of drug-likeness (QED) is 0.397. The van der Waals surface area contributed by atoms with E-state index in [2.05, 4.69) is 10.3 Å². The smallest absolute Gasteiger partial charge is 0.193 e. The van der Waals surface area contributed by atoms with Crippen molar-refractivity contribution >= 4 is 29.9 Å². The molecule has 1 aromatic carbocycles. The molecule has 2 rings (SSSR count). The number of nitrogens with one attached hydrogen (secondary N) is 1. The Labute approximate surface area is 160 Å². The Morgan fingerprint density at radius 1 is 1.50 bits per heavy atom. The van der Waals surface area contributed by atoms with Crippen LogP contribution in [0.3, 0.4) is 0 Å². The maximum atomic E-state index is 13.7. The molecule has 0 radical (unpaired) electrons. The van der Waals surface area contributed by atoms with E-state index in [4.69, 9.17) is 4.74 Å². The zero-order valence-corrected chi connectivity index (χ0v) is 16.6. The summed E-state index contributed by atoms with van der Waals surface area (Å²) >= 11 is 0. The lowest BCUT2D eigenvalue weighted by atomic mass is 10.1. The van der Waals surface area contributed by atoms with E-state index in [1.807, 2.05) is 18.9 Å². The molecule has 136 valence electrons. The Hall–Kier alpha value is -0.930. The van der Waals surface area contributed by atoms with Crippen molar-refractivity contribution in [2.24, 2.45) is 10.9 Å². The predicted octanol–water partition coefficient (Wildman–Crippen LogP) is 2.41. The molecule has 7 heteroatoms. The number of hydrogen-bond donors (Lipinski definition) is 2. The molecule has 0 aromatic heterocycles. The lowest BCUT2D eigenvalue weighted by Crippen LogP contribution is -2.41. The minimum Gasteiger partial charge on any atom is -0.386 e. The molecule has 1 aliphatic heterocycles. The van der Waals surface area contributed by atoms with E-state index in [-0.39, 0.29) is 36.1 Å². The van der Waals surface area contributed by atoms with Crippen LogP contribution in [0, 0.1) is 11.7 Å². The molecule has 0 saturated carbocycles. The van der Waals surface area contributed by atoms with Gasteiger partial charge >= 0.3 is 0 Å². The van der Waals surface area contributed by atoms with Crippen LogP contribution in [0.1, 0.15) is 25.0 Å². The Kier molecular flexibility index (Phi) is 9.53. The number of guanidine groups is 1. The van der Waals surface area contributed by atoms with Gasteiger partial charge in [0.15, 0.2) is 5.96 Å². The van der Waals surface area contributed by atoms with Gasteiger partial charge in [-0.15, -0.1) is 24.0 Å². The summed E-state index contributed by atoms with van der Waals surface area (Å²) in [6.45, 7) is 5.30. The Balaban J connectivity index is 0.00000288. The van der Waals surface area contributed by atoms with Crippen LogP contribution in [-0.2, 0) is 4.74 Å². The third kappa shape index (κ3) is 6.18. The molecule has 1 aromatic rings. The van der Waals surface area contributed by atoms with Gasteiger partial charge in [-0.2, -0.15) is 0 Å². The molecule has 24 heavy (non-hydrogen) atoms. The van der Waals surface area contributed by atoms with Crippen molar-refractivity contribution in [3.05, 3.63) is 35.6 Å². The zero-order valence-electron chi connectivity index (χ0n) is 14.2. The van der Waals surface area contributed by atoms with E-state index in [0.717, 1.165) is 38.7 Å². The van der Waals surface area contributed by atoms with E-state index in [0.29, 0.717) is 5.92 Å². The SMILES string of the molecule is CCNC(=NCC(O)c1ccccc1F)N(C)CC1CCOC1.I. The molecule has 0 amide bonds. The van der Waals surface area contributed by atoms with E-state index < -0.39 is 11.9 Å². The molecular weight excluding hydrogens is 424 g/mol. The van der Waals surface area contributed by atoms with Crippen molar-refractivity contribution in [1.82, 2.24) is 10.2 Å². The van der Waals surface area contributed by atoms with Gasteiger partial charge in [-0.25, -0.2) is 4.39 Å². The van der Waals surface area contributed by atoms with Crippen molar-refractivity contribution in [2.45, 2.75) is 19.4 Å². The third-order valence-electron chi connectivity index (χ3n) is 3.93. The largest absolute Gasteiger partial charge is 0.386 e. The molecule has 1 heterocycles. The second-order valence-corrected chi connectivity index (χ2v) is 5.84. The van der Waals surface area contributed by atoms with Crippen LogP contribution >= 0.6 is 24.0 Å². The second kappa shape index (κ2) is 10.8. The van der Waals surface area contributed by atoms with Crippen LogP contribution < -0.4 is 5.32 Å². The summed E-state index contributed by atoms with van der Waals surface area (Å²) in [7, 11) is 1.97. The first-order valence-electron chi connectivity index (χ1n) is 8.11. The molecular formula is C17H27FIN3O2. The highest BCUT2D eigenvalue weighted by Crippen LogP contribution is 2.17. The molecule has 2 atom stereocenters. The number of nitrogens with zero attached hydrogens (tertiary/aromatic N) is 2. The van der Waals surface area contributed by atoms with Crippen molar-refractivity contribution < 1.29 is 14.2 Å². The van der Waals surface area contributed by atoms with E-state index in [1.165, 1.54) is 6.07 Å². The first-order chi connectivity index (χ1) is 11.1.